The summed E-state index contributed by atoms with van der Waals surface area (Å²) in [7, 11) is 0. The minimum Gasteiger partial charge on any atom is -0.369 e. The van der Waals surface area contributed by atoms with Crippen LogP contribution in [-0.4, -0.2) is 15.7 Å². The Balaban J connectivity index is 2.36. The van der Waals surface area contributed by atoms with E-state index < -0.39 is 12.6 Å². The molecular weight excluding hydrogens is 231 g/mol. The maximum absolute atomic E-state index is 12.2. The van der Waals surface area contributed by atoms with Gasteiger partial charge in [-0.15, -0.1) is 0 Å². The summed E-state index contributed by atoms with van der Waals surface area (Å²) in [6.07, 6.45) is -5.09. The largest absolute Gasteiger partial charge is 0.390 e. The molecule has 0 unspecified atom stereocenters. The maximum atomic E-state index is 12.2. The van der Waals surface area contributed by atoms with E-state index in [9.17, 15) is 13.2 Å². The Morgan fingerprint density at radius 2 is 2.06 bits per heavy atom. The van der Waals surface area contributed by atoms with E-state index in [2.05, 4.69) is 4.98 Å². The number of hydrogen-bond donors (Lipinski definition) is 1. The Kier molecular flexibility index (Phi) is 2.73. The maximum Gasteiger partial charge on any atom is 0.390 e. The molecule has 0 bridgehead atoms. The first-order valence-electron chi connectivity index (χ1n) is 5.16. The van der Waals surface area contributed by atoms with Crippen molar-refractivity contribution in [1.82, 2.24) is 9.55 Å². The number of halogens is 3. The molecular formula is C11H12F3N3. The average molecular weight is 243 g/mol. The molecule has 0 aliphatic heterocycles. The summed E-state index contributed by atoms with van der Waals surface area (Å²) in [6, 6.07) is 5.37. The molecule has 0 spiro atoms. The van der Waals surface area contributed by atoms with Gasteiger partial charge in [-0.2, -0.15) is 13.2 Å². The van der Waals surface area contributed by atoms with Gasteiger partial charge in [-0.1, -0.05) is 6.07 Å². The van der Waals surface area contributed by atoms with Gasteiger partial charge in [0.2, 0.25) is 5.95 Å². The van der Waals surface area contributed by atoms with Crippen LogP contribution in [0.15, 0.2) is 18.2 Å². The summed E-state index contributed by atoms with van der Waals surface area (Å²) in [6.45, 7) is 1.69. The van der Waals surface area contributed by atoms with Crippen LogP contribution in [0, 0.1) is 6.92 Å². The van der Waals surface area contributed by atoms with Gasteiger partial charge in [0, 0.05) is 6.54 Å². The number of fused-ring (bicyclic) bond motifs is 1. The van der Waals surface area contributed by atoms with Crippen molar-refractivity contribution in [3.8, 4) is 0 Å². The van der Waals surface area contributed by atoms with E-state index in [0.29, 0.717) is 11.0 Å². The predicted molar refractivity (Wildman–Crippen MR) is 59.6 cm³/mol. The third kappa shape index (κ3) is 2.51. The Hall–Kier alpha value is -1.72. The molecule has 0 saturated carbocycles. The van der Waals surface area contributed by atoms with E-state index >= 15 is 0 Å². The second-order valence-corrected chi connectivity index (χ2v) is 3.98. The van der Waals surface area contributed by atoms with E-state index in [1.807, 2.05) is 13.0 Å². The number of imidazole rings is 1. The van der Waals surface area contributed by atoms with Gasteiger partial charge in [0.15, 0.2) is 0 Å². The van der Waals surface area contributed by atoms with Gasteiger partial charge >= 0.3 is 6.18 Å². The van der Waals surface area contributed by atoms with Crippen LogP contribution in [0.25, 0.3) is 11.0 Å². The molecule has 92 valence electrons. The van der Waals surface area contributed by atoms with Gasteiger partial charge in [-0.25, -0.2) is 4.98 Å². The molecule has 2 N–H and O–H groups in total. The number of nitrogens with zero attached hydrogens (tertiary/aromatic N) is 2. The second-order valence-electron chi connectivity index (χ2n) is 3.98. The molecule has 0 radical (unpaired) electrons. The zero-order chi connectivity index (χ0) is 12.6. The highest BCUT2D eigenvalue weighted by atomic mass is 19.4. The van der Waals surface area contributed by atoms with E-state index in [1.165, 1.54) is 4.57 Å². The molecule has 1 aromatic heterocycles. The molecule has 17 heavy (non-hydrogen) atoms. The molecule has 0 amide bonds. The lowest BCUT2D eigenvalue weighted by atomic mass is 10.2. The lowest BCUT2D eigenvalue weighted by molar-refractivity contribution is -0.136. The molecule has 0 atom stereocenters. The Labute approximate surface area is 96.0 Å². The fourth-order valence-electron chi connectivity index (χ4n) is 1.73. The fraction of sp³-hybridized carbons (Fsp3) is 0.364. The molecule has 2 rings (SSSR count). The SMILES string of the molecule is Cc1ccc2c(c1)nc(N)n2CCC(F)(F)F. The minimum absolute atomic E-state index is 0.120. The van der Waals surface area contributed by atoms with E-state index in [0.717, 1.165) is 5.56 Å². The van der Waals surface area contributed by atoms with Crippen LogP contribution in [0.2, 0.25) is 0 Å². The second kappa shape index (κ2) is 3.94. The number of benzene rings is 1. The van der Waals surface area contributed by atoms with E-state index in [1.54, 1.807) is 12.1 Å². The van der Waals surface area contributed by atoms with Gasteiger partial charge in [0.1, 0.15) is 0 Å². The molecule has 1 heterocycles. The van der Waals surface area contributed by atoms with Crippen LogP contribution in [-0.2, 0) is 6.54 Å². The quantitative estimate of drug-likeness (QED) is 0.881. The number of hydrogen-bond acceptors (Lipinski definition) is 2. The third-order valence-electron chi connectivity index (χ3n) is 2.55. The number of anilines is 1. The van der Waals surface area contributed by atoms with Crippen LogP contribution in [0.5, 0.6) is 0 Å². The average Bonchev–Trinajstić information content (AvgIpc) is 2.48. The van der Waals surface area contributed by atoms with Crippen LogP contribution in [0.3, 0.4) is 0 Å². The summed E-state index contributed by atoms with van der Waals surface area (Å²) in [5.41, 5.74) is 7.88. The molecule has 0 aliphatic rings. The molecule has 0 aliphatic carbocycles. The van der Waals surface area contributed by atoms with Crippen LogP contribution >= 0.6 is 0 Å². The third-order valence-corrected chi connectivity index (χ3v) is 2.55. The Bertz CT molecular complexity index is 543. The lowest BCUT2D eigenvalue weighted by Crippen LogP contribution is -2.13. The van der Waals surface area contributed by atoms with Crippen molar-refractivity contribution in [1.29, 1.82) is 0 Å². The molecule has 1 aromatic carbocycles. The Morgan fingerprint density at radius 3 is 2.71 bits per heavy atom. The van der Waals surface area contributed by atoms with Crippen molar-refractivity contribution in [2.45, 2.75) is 26.1 Å². The summed E-state index contributed by atoms with van der Waals surface area (Å²) in [5.74, 6) is 0.120. The van der Waals surface area contributed by atoms with Crippen molar-refractivity contribution >= 4 is 17.0 Å². The monoisotopic (exact) mass is 243 g/mol. The van der Waals surface area contributed by atoms with Crippen molar-refractivity contribution in [3.05, 3.63) is 23.8 Å². The first-order chi connectivity index (χ1) is 7.87. The predicted octanol–water partition coefficient (Wildman–Crippen LogP) is 2.88. The topological polar surface area (TPSA) is 43.8 Å². The molecule has 2 aromatic rings. The first kappa shape index (κ1) is 11.8. The van der Waals surface area contributed by atoms with Gasteiger partial charge in [-0.05, 0) is 24.6 Å². The Morgan fingerprint density at radius 1 is 1.35 bits per heavy atom. The van der Waals surface area contributed by atoms with Gasteiger partial charge in [-0.3, -0.25) is 0 Å². The summed E-state index contributed by atoms with van der Waals surface area (Å²) in [5, 5.41) is 0. The standard InChI is InChI=1S/C11H12F3N3/c1-7-2-3-9-8(6-7)16-10(15)17(9)5-4-11(12,13)14/h2-3,6H,4-5H2,1H3,(H2,15,16). The van der Waals surface area contributed by atoms with Crippen LogP contribution in [0.1, 0.15) is 12.0 Å². The molecule has 0 saturated heterocycles. The summed E-state index contributed by atoms with van der Waals surface area (Å²) < 4.78 is 37.9. The molecule has 0 fully saturated rings. The highest BCUT2D eigenvalue weighted by Gasteiger charge is 2.27. The zero-order valence-electron chi connectivity index (χ0n) is 9.25. The fourth-order valence-corrected chi connectivity index (χ4v) is 1.73. The number of rotatable bonds is 2. The molecule has 6 heteroatoms. The van der Waals surface area contributed by atoms with E-state index in [4.69, 9.17) is 5.73 Å². The smallest absolute Gasteiger partial charge is 0.369 e. The highest BCUT2D eigenvalue weighted by Crippen LogP contribution is 2.24. The van der Waals surface area contributed by atoms with Gasteiger partial charge < -0.3 is 10.3 Å². The van der Waals surface area contributed by atoms with Crippen LogP contribution < -0.4 is 5.73 Å². The van der Waals surface area contributed by atoms with Gasteiger partial charge in [0.05, 0.1) is 17.5 Å². The highest BCUT2D eigenvalue weighted by molar-refractivity contribution is 5.79. The zero-order valence-corrected chi connectivity index (χ0v) is 9.25. The molecule has 3 nitrogen and oxygen atoms in total. The lowest BCUT2D eigenvalue weighted by Gasteiger charge is -2.09. The first-order valence-corrected chi connectivity index (χ1v) is 5.16. The summed E-state index contributed by atoms with van der Waals surface area (Å²) in [4.78, 5) is 4.05. The number of alkyl halides is 3. The van der Waals surface area contributed by atoms with Crippen molar-refractivity contribution in [2.24, 2.45) is 0 Å². The minimum atomic E-state index is -4.19. The van der Waals surface area contributed by atoms with Crippen molar-refractivity contribution in [2.75, 3.05) is 5.73 Å². The van der Waals surface area contributed by atoms with E-state index in [-0.39, 0.29) is 12.5 Å². The number of nitrogen functional groups attached to an aromatic ring is 1. The van der Waals surface area contributed by atoms with Crippen molar-refractivity contribution < 1.29 is 13.2 Å². The normalized spacial score (nSPS) is 12.2. The number of aromatic nitrogens is 2. The summed E-state index contributed by atoms with van der Waals surface area (Å²) >= 11 is 0. The van der Waals surface area contributed by atoms with Gasteiger partial charge in [0.25, 0.3) is 0 Å². The van der Waals surface area contributed by atoms with Crippen molar-refractivity contribution in [3.63, 3.8) is 0 Å². The van der Waals surface area contributed by atoms with Crippen LogP contribution in [0.4, 0.5) is 19.1 Å². The number of nitrogens with two attached hydrogens (primary N) is 1. The number of aryl methyl sites for hydroxylation is 2.